The molecule has 0 spiro atoms. The summed E-state index contributed by atoms with van der Waals surface area (Å²) in [6.07, 6.45) is 0.936. The maximum atomic E-state index is 13.0. The van der Waals surface area contributed by atoms with Gasteiger partial charge < -0.3 is 4.90 Å². The van der Waals surface area contributed by atoms with Gasteiger partial charge in [-0.25, -0.2) is 8.78 Å². The SMILES string of the molecule is CCC1CC(C)C(C(C)N=O)N(C(=O)CC(F)(F)P)C1. The number of rotatable bonds is 5. The van der Waals surface area contributed by atoms with Crippen molar-refractivity contribution in [2.45, 2.75) is 57.8 Å². The van der Waals surface area contributed by atoms with Crippen LogP contribution in [0.15, 0.2) is 5.18 Å². The topological polar surface area (TPSA) is 49.7 Å². The zero-order chi connectivity index (χ0) is 15.5. The molecule has 5 unspecified atom stereocenters. The predicted octanol–water partition coefficient (Wildman–Crippen LogP) is 3.26. The Hall–Kier alpha value is -0.640. The van der Waals surface area contributed by atoms with Crippen molar-refractivity contribution >= 4 is 15.1 Å². The number of alkyl halides is 2. The third-order valence-corrected chi connectivity index (χ3v) is 4.25. The number of amides is 1. The van der Waals surface area contributed by atoms with E-state index in [-0.39, 0.29) is 12.0 Å². The van der Waals surface area contributed by atoms with Crippen LogP contribution in [0.1, 0.15) is 40.0 Å². The molecule has 0 radical (unpaired) electrons. The lowest BCUT2D eigenvalue weighted by molar-refractivity contribution is -0.142. The number of piperidine rings is 1. The lowest BCUT2D eigenvalue weighted by Gasteiger charge is -2.44. The third kappa shape index (κ3) is 4.44. The highest BCUT2D eigenvalue weighted by Gasteiger charge is 2.41. The van der Waals surface area contributed by atoms with Gasteiger partial charge in [-0.1, -0.05) is 34.7 Å². The molecule has 4 nitrogen and oxygen atoms in total. The molecule has 0 aromatic carbocycles. The molecule has 1 saturated heterocycles. The molecule has 5 atom stereocenters. The van der Waals surface area contributed by atoms with Gasteiger partial charge in [0.05, 0.1) is 12.5 Å². The van der Waals surface area contributed by atoms with E-state index < -0.39 is 24.0 Å². The van der Waals surface area contributed by atoms with Crippen molar-refractivity contribution in [3.8, 4) is 0 Å². The second-order valence-corrected chi connectivity index (χ2v) is 6.65. The van der Waals surface area contributed by atoms with Crippen molar-refractivity contribution in [3.05, 3.63) is 4.91 Å². The van der Waals surface area contributed by atoms with Gasteiger partial charge in [0.1, 0.15) is 6.04 Å². The van der Waals surface area contributed by atoms with Crippen molar-refractivity contribution in [1.82, 2.24) is 4.90 Å². The minimum atomic E-state index is -3.11. The minimum absolute atomic E-state index is 0.0866. The van der Waals surface area contributed by atoms with Gasteiger partial charge in [-0.3, -0.25) is 4.79 Å². The molecule has 0 aliphatic carbocycles. The smallest absolute Gasteiger partial charge is 0.267 e. The summed E-state index contributed by atoms with van der Waals surface area (Å²) in [5.41, 5.74) is -3.11. The van der Waals surface area contributed by atoms with E-state index in [0.717, 1.165) is 12.8 Å². The van der Waals surface area contributed by atoms with Gasteiger partial charge in [0.15, 0.2) is 0 Å². The Balaban J connectivity index is 2.94. The van der Waals surface area contributed by atoms with E-state index in [1.807, 2.05) is 13.8 Å². The van der Waals surface area contributed by atoms with E-state index in [4.69, 9.17) is 0 Å². The predicted molar refractivity (Wildman–Crippen MR) is 77.6 cm³/mol. The average molecular weight is 308 g/mol. The van der Waals surface area contributed by atoms with E-state index in [0.29, 0.717) is 12.5 Å². The molecule has 1 aliphatic heterocycles. The Morgan fingerprint density at radius 3 is 2.60 bits per heavy atom. The fourth-order valence-electron chi connectivity index (χ4n) is 3.11. The van der Waals surface area contributed by atoms with Crippen LogP contribution < -0.4 is 0 Å². The van der Waals surface area contributed by atoms with Gasteiger partial charge in [-0.15, -0.1) is 0 Å². The van der Waals surface area contributed by atoms with Crippen molar-refractivity contribution in [1.29, 1.82) is 0 Å². The van der Waals surface area contributed by atoms with Crippen LogP contribution in [0.3, 0.4) is 0 Å². The fraction of sp³-hybridized carbons (Fsp3) is 0.923. The standard InChI is InChI=1S/C13H23F2N2O2P/c1-4-10-5-8(2)12(9(3)16-19)17(7-10)11(18)6-13(14,15)20/h8-10,12H,4-7,20H2,1-3H3. The van der Waals surface area contributed by atoms with Crippen molar-refractivity contribution in [2.24, 2.45) is 17.0 Å². The van der Waals surface area contributed by atoms with Crippen LogP contribution in [0, 0.1) is 16.7 Å². The molecular weight excluding hydrogens is 285 g/mol. The summed E-state index contributed by atoms with van der Waals surface area (Å²) in [5.74, 6) is -0.221. The second-order valence-electron chi connectivity index (χ2n) is 5.81. The minimum Gasteiger partial charge on any atom is -0.337 e. The van der Waals surface area contributed by atoms with Crippen LogP contribution in [-0.2, 0) is 4.79 Å². The zero-order valence-electron chi connectivity index (χ0n) is 12.2. The summed E-state index contributed by atoms with van der Waals surface area (Å²) < 4.78 is 26.1. The number of likely N-dealkylation sites (tertiary alicyclic amines) is 1. The van der Waals surface area contributed by atoms with Gasteiger partial charge in [0, 0.05) is 6.54 Å². The third-order valence-electron chi connectivity index (χ3n) is 4.05. The highest BCUT2D eigenvalue weighted by atomic mass is 31.0. The summed E-state index contributed by atoms with van der Waals surface area (Å²) in [7, 11) is 1.39. The quantitative estimate of drug-likeness (QED) is 0.578. The molecule has 1 rings (SSSR count). The summed E-state index contributed by atoms with van der Waals surface area (Å²) in [6, 6.07) is -0.958. The molecule has 0 aromatic rings. The number of nitrogens with zero attached hydrogens (tertiary/aromatic N) is 2. The second kappa shape index (κ2) is 6.88. The lowest BCUT2D eigenvalue weighted by atomic mass is 9.80. The maximum Gasteiger partial charge on any atom is 0.267 e. The van der Waals surface area contributed by atoms with Crippen molar-refractivity contribution in [2.75, 3.05) is 6.54 Å². The molecule has 0 N–H and O–H groups in total. The molecule has 7 heteroatoms. The summed E-state index contributed by atoms with van der Waals surface area (Å²) in [6.45, 7) is 6.05. The largest absolute Gasteiger partial charge is 0.337 e. The van der Waals surface area contributed by atoms with Crippen molar-refractivity contribution in [3.63, 3.8) is 0 Å². The van der Waals surface area contributed by atoms with Crippen LogP contribution in [-0.4, -0.2) is 35.1 Å². The highest BCUT2D eigenvalue weighted by molar-refractivity contribution is 7.18. The normalized spacial score (nSPS) is 29.1. The van der Waals surface area contributed by atoms with E-state index >= 15 is 0 Å². The Labute approximate surface area is 120 Å². The van der Waals surface area contributed by atoms with E-state index in [1.165, 1.54) is 14.1 Å². The molecule has 0 aromatic heterocycles. The Kier molecular flexibility index (Phi) is 5.99. The molecule has 1 fully saturated rings. The van der Waals surface area contributed by atoms with E-state index in [1.54, 1.807) is 6.92 Å². The zero-order valence-corrected chi connectivity index (χ0v) is 13.3. The summed E-state index contributed by atoms with van der Waals surface area (Å²) >= 11 is 0. The number of nitroso groups, excluding NO2 is 1. The van der Waals surface area contributed by atoms with E-state index in [2.05, 4.69) is 5.18 Å². The number of halogens is 2. The molecule has 116 valence electrons. The molecule has 1 amide bonds. The molecular formula is C13H23F2N2O2P. The molecule has 20 heavy (non-hydrogen) atoms. The van der Waals surface area contributed by atoms with Gasteiger partial charge in [-0.05, 0) is 25.2 Å². The first-order chi connectivity index (χ1) is 9.19. The van der Waals surface area contributed by atoms with Gasteiger partial charge in [0.2, 0.25) is 5.91 Å². The first kappa shape index (κ1) is 17.4. The monoisotopic (exact) mass is 308 g/mol. The molecule has 1 heterocycles. The average Bonchev–Trinajstić information content (AvgIpc) is 2.34. The first-order valence-electron chi connectivity index (χ1n) is 6.98. The Bertz CT molecular complexity index is 363. The van der Waals surface area contributed by atoms with Gasteiger partial charge >= 0.3 is 0 Å². The molecule has 0 bridgehead atoms. The first-order valence-corrected chi connectivity index (χ1v) is 7.56. The Morgan fingerprint density at radius 2 is 2.15 bits per heavy atom. The van der Waals surface area contributed by atoms with Crippen LogP contribution in [0.25, 0.3) is 0 Å². The number of hydrogen-bond acceptors (Lipinski definition) is 3. The molecule has 1 aliphatic rings. The van der Waals surface area contributed by atoms with Gasteiger partial charge in [-0.2, -0.15) is 4.91 Å². The number of carbonyl (C=O) groups is 1. The summed E-state index contributed by atoms with van der Waals surface area (Å²) in [5, 5.41) is 3.01. The molecule has 0 saturated carbocycles. The maximum absolute atomic E-state index is 13.0. The van der Waals surface area contributed by atoms with Gasteiger partial charge in [0.25, 0.3) is 5.66 Å². The summed E-state index contributed by atoms with van der Waals surface area (Å²) in [4.78, 5) is 24.4. The Morgan fingerprint density at radius 1 is 1.55 bits per heavy atom. The number of carbonyl (C=O) groups excluding carboxylic acids is 1. The fourth-order valence-corrected chi connectivity index (χ4v) is 3.29. The number of hydrogen-bond donors (Lipinski definition) is 0. The van der Waals surface area contributed by atoms with E-state index in [9.17, 15) is 18.5 Å². The van der Waals surface area contributed by atoms with Crippen LogP contribution in [0.2, 0.25) is 0 Å². The van der Waals surface area contributed by atoms with Crippen LogP contribution >= 0.6 is 9.24 Å². The highest BCUT2D eigenvalue weighted by Crippen LogP contribution is 2.34. The van der Waals surface area contributed by atoms with Crippen LogP contribution in [0.4, 0.5) is 8.78 Å². The van der Waals surface area contributed by atoms with Crippen molar-refractivity contribution < 1.29 is 13.6 Å². The van der Waals surface area contributed by atoms with Crippen LogP contribution in [0.5, 0.6) is 0 Å². The lowest BCUT2D eigenvalue weighted by Crippen LogP contribution is -2.55.